The number of carbonyl (C=O) groups excluding carboxylic acids is 1. The number of esters is 1. The molecular formula is C17H28O2. The van der Waals surface area contributed by atoms with E-state index in [1.807, 2.05) is 0 Å². The van der Waals surface area contributed by atoms with Gasteiger partial charge in [0.15, 0.2) is 0 Å². The molecule has 0 radical (unpaired) electrons. The molecule has 0 aromatic heterocycles. The Morgan fingerprint density at radius 3 is 2.00 bits per heavy atom. The fourth-order valence-electron chi connectivity index (χ4n) is 5.25. The Bertz CT molecular complexity index is 304. The molecule has 4 aliphatic rings. The van der Waals surface area contributed by atoms with Crippen LogP contribution < -0.4 is 0 Å². The lowest BCUT2D eigenvalue weighted by molar-refractivity contribution is -0.154. The smallest absolute Gasteiger partial charge is 0.306 e. The molecule has 108 valence electrons. The molecule has 0 aliphatic heterocycles. The van der Waals surface area contributed by atoms with Crippen molar-refractivity contribution in [3.63, 3.8) is 0 Å². The van der Waals surface area contributed by atoms with Crippen molar-refractivity contribution in [3.05, 3.63) is 0 Å². The molecule has 2 heteroatoms. The highest BCUT2D eigenvalue weighted by molar-refractivity contribution is 5.70. The van der Waals surface area contributed by atoms with Crippen LogP contribution >= 0.6 is 0 Å². The van der Waals surface area contributed by atoms with Crippen molar-refractivity contribution in [3.8, 4) is 0 Å². The summed E-state index contributed by atoms with van der Waals surface area (Å²) in [5.41, 5.74) is 0. The Morgan fingerprint density at radius 1 is 1.00 bits per heavy atom. The van der Waals surface area contributed by atoms with Crippen LogP contribution in [0.4, 0.5) is 0 Å². The Morgan fingerprint density at radius 2 is 1.53 bits per heavy atom. The Kier molecular flexibility index (Phi) is 3.86. The highest BCUT2D eigenvalue weighted by Crippen LogP contribution is 2.57. The summed E-state index contributed by atoms with van der Waals surface area (Å²) in [7, 11) is 0. The van der Waals surface area contributed by atoms with Crippen LogP contribution in [0.5, 0.6) is 0 Å². The number of ether oxygens (including phenoxy) is 1. The molecular weight excluding hydrogens is 236 g/mol. The predicted molar refractivity (Wildman–Crippen MR) is 75.6 cm³/mol. The summed E-state index contributed by atoms with van der Waals surface area (Å²) in [6.45, 7) is 4.20. The van der Waals surface area contributed by atoms with Crippen molar-refractivity contribution in [2.75, 3.05) is 0 Å². The predicted octanol–water partition coefficient (Wildman–Crippen LogP) is 4.18. The second kappa shape index (κ2) is 5.46. The standard InChI is InChI=1S/C17H28O2/c1-3-15(4-2)19-17(18)10-16-13-6-11-5-12(8-13)9-14(16)7-11/h11-16H,3-10H2,1-2H3. The molecule has 4 aliphatic carbocycles. The maximum atomic E-state index is 12.1. The summed E-state index contributed by atoms with van der Waals surface area (Å²) in [4.78, 5) is 12.1. The van der Waals surface area contributed by atoms with E-state index in [4.69, 9.17) is 4.74 Å². The van der Waals surface area contributed by atoms with Crippen LogP contribution in [0.15, 0.2) is 0 Å². The van der Waals surface area contributed by atoms with Crippen molar-refractivity contribution in [1.82, 2.24) is 0 Å². The first-order valence-corrected chi connectivity index (χ1v) is 8.39. The molecule has 19 heavy (non-hydrogen) atoms. The first-order valence-electron chi connectivity index (χ1n) is 8.39. The third-order valence-corrected chi connectivity index (χ3v) is 6.03. The highest BCUT2D eigenvalue weighted by atomic mass is 16.5. The molecule has 4 rings (SSSR count). The molecule has 0 spiro atoms. The maximum Gasteiger partial charge on any atom is 0.306 e. The Labute approximate surface area is 117 Å². The van der Waals surface area contributed by atoms with Gasteiger partial charge in [0, 0.05) is 6.42 Å². The third-order valence-electron chi connectivity index (χ3n) is 6.03. The van der Waals surface area contributed by atoms with E-state index in [9.17, 15) is 4.79 Å². The van der Waals surface area contributed by atoms with Gasteiger partial charge in [-0.15, -0.1) is 0 Å². The molecule has 4 saturated carbocycles. The van der Waals surface area contributed by atoms with Crippen LogP contribution in [0.25, 0.3) is 0 Å². The van der Waals surface area contributed by atoms with E-state index in [1.54, 1.807) is 0 Å². The van der Waals surface area contributed by atoms with Crippen molar-refractivity contribution in [1.29, 1.82) is 0 Å². The summed E-state index contributed by atoms with van der Waals surface area (Å²) in [6.07, 6.45) is 9.82. The molecule has 4 bridgehead atoms. The monoisotopic (exact) mass is 264 g/mol. The Balaban J connectivity index is 1.56. The average molecular weight is 264 g/mol. The van der Waals surface area contributed by atoms with Gasteiger partial charge in [-0.25, -0.2) is 0 Å². The van der Waals surface area contributed by atoms with Gasteiger partial charge in [0.1, 0.15) is 6.10 Å². The molecule has 0 unspecified atom stereocenters. The second-order valence-corrected chi connectivity index (χ2v) is 7.23. The van der Waals surface area contributed by atoms with E-state index in [1.165, 1.54) is 32.1 Å². The second-order valence-electron chi connectivity index (χ2n) is 7.23. The van der Waals surface area contributed by atoms with E-state index in [2.05, 4.69) is 13.8 Å². The lowest BCUT2D eigenvalue weighted by Crippen LogP contribution is -2.45. The topological polar surface area (TPSA) is 26.3 Å². The fraction of sp³-hybridized carbons (Fsp3) is 0.941. The van der Waals surface area contributed by atoms with Gasteiger partial charge in [-0.3, -0.25) is 4.79 Å². The molecule has 0 heterocycles. The van der Waals surface area contributed by atoms with Gasteiger partial charge in [-0.1, -0.05) is 13.8 Å². The van der Waals surface area contributed by atoms with Crippen molar-refractivity contribution in [2.45, 2.75) is 71.3 Å². The van der Waals surface area contributed by atoms with Crippen LogP contribution in [0.3, 0.4) is 0 Å². The normalized spacial score (nSPS) is 39.8. The zero-order valence-corrected chi connectivity index (χ0v) is 12.4. The summed E-state index contributed by atoms with van der Waals surface area (Å²) in [5.74, 6) is 4.39. The number of carbonyl (C=O) groups is 1. The van der Waals surface area contributed by atoms with Gasteiger partial charge >= 0.3 is 5.97 Å². The third kappa shape index (κ3) is 2.68. The van der Waals surface area contributed by atoms with Crippen LogP contribution in [0, 0.1) is 29.6 Å². The lowest BCUT2D eigenvalue weighted by atomic mass is 9.51. The minimum Gasteiger partial charge on any atom is -0.462 e. The van der Waals surface area contributed by atoms with Gasteiger partial charge in [-0.2, -0.15) is 0 Å². The minimum absolute atomic E-state index is 0.0752. The SMILES string of the molecule is CCC(CC)OC(=O)CC1C2CC3CC(C2)CC1C3. The molecule has 0 atom stereocenters. The molecule has 0 aromatic carbocycles. The summed E-state index contributed by atoms with van der Waals surface area (Å²) in [5, 5.41) is 0. The zero-order chi connectivity index (χ0) is 13.4. The number of hydrogen-bond acceptors (Lipinski definition) is 2. The molecule has 4 fully saturated rings. The van der Waals surface area contributed by atoms with Crippen molar-refractivity contribution < 1.29 is 9.53 Å². The summed E-state index contributed by atoms with van der Waals surface area (Å²) < 4.78 is 5.62. The zero-order valence-electron chi connectivity index (χ0n) is 12.4. The lowest BCUT2D eigenvalue weighted by Gasteiger charge is -2.54. The van der Waals surface area contributed by atoms with Crippen LogP contribution in [0.1, 0.15) is 65.2 Å². The van der Waals surface area contributed by atoms with Crippen molar-refractivity contribution >= 4 is 5.97 Å². The van der Waals surface area contributed by atoms with E-state index in [0.29, 0.717) is 12.3 Å². The first-order chi connectivity index (χ1) is 9.19. The van der Waals surface area contributed by atoms with E-state index in [-0.39, 0.29) is 12.1 Å². The first kappa shape index (κ1) is 13.5. The average Bonchev–Trinajstić information content (AvgIpc) is 2.39. The van der Waals surface area contributed by atoms with E-state index >= 15 is 0 Å². The quantitative estimate of drug-likeness (QED) is 0.696. The van der Waals surface area contributed by atoms with Gasteiger partial charge in [-0.05, 0) is 74.5 Å². The van der Waals surface area contributed by atoms with E-state index < -0.39 is 0 Å². The van der Waals surface area contributed by atoms with Gasteiger partial charge in [0.2, 0.25) is 0 Å². The fourth-order valence-corrected chi connectivity index (χ4v) is 5.25. The summed E-state index contributed by atoms with van der Waals surface area (Å²) in [6, 6.07) is 0. The number of hydrogen-bond donors (Lipinski definition) is 0. The molecule has 0 amide bonds. The largest absolute Gasteiger partial charge is 0.462 e. The molecule has 0 saturated heterocycles. The van der Waals surface area contributed by atoms with Gasteiger partial charge in [0.05, 0.1) is 0 Å². The summed E-state index contributed by atoms with van der Waals surface area (Å²) >= 11 is 0. The number of rotatable bonds is 5. The highest BCUT2D eigenvalue weighted by Gasteiger charge is 2.48. The van der Waals surface area contributed by atoms with Crippen molar-refractivity contribution in [2.24, 2.45) is 29.6 Å². The molecule has 0 aromatic rings. The van der Waals surface area contributed by atoms with Crippen LogP contribution in [0.2, 0.25) is 0 Å². The molecule has 0 N–H and O–H groups in total. The minimum atomic E-state index is 0.0752. The Hall–Kier alpha value is -0.530. The van der Waals surface area contributed by atoms with Gasteiger partial charge < -0.3 is 4.74 Å². The molecule has 2 nitrogen and oxygen atoms in total. The van der Waals surface area contributed by atoms with E-state index in [0.717, 1.165) is 36.5 Å². The maximum absolute atomic E-state index is 12.1. The van der Waals surface area contributed by atoms with Crippen LogP contribution in [-0.2, 0) is 9.53 Å². The van der Waals surface area contributed by atoms with Gasteiger partial charge in [0.25, 0.3) is 0 Å². The van der Waals surface area contributed by atoms with Crippen LogP contribution in [-0.4, -0.2) is 12.1 Å².